The Hall–Kier alpha value is -1.76. The van der Waals surface area contributed by atoms with E-state index < -0.39 is 0 Å². The molecule has 0 spiro atoms. The van der Waals surface area contributed by atoms with Crippen LogP contribution in [0.5, 0.6) is 0 Å². The van der Waals surface area contributed by atoms with Crippen LogP contribution in [-0.4, -0.2) is 0 Å². The van der Waals surface area contributed by atoms with Crippen molar-refractivity contribution in [3.05, 3.63) is 65.2 Å². The molecule has 1 N–H and O–H groups in total. The van der Waals surface area contributed by atoms with Crippen LogP contribution in [0.15, 0.2) is 48.5 Å². The molecule has 2 aromatic carbocycles. The fourth-order valence-corrected chi connectivity index (χ4v) is 2.26. The van der Waals surface area contributed by atoms with Crippen molar-refractivity contribution in [2.45, 2.75) is 39.7 Å². The van der Waals surface area contributed by atoms with Crippen molar-refractivity contribution in [2.24, 2.45) is 0 Å². The molecule has 0 amide bonds. The lowest BCUT2D eigenvalue weighted by atomic mass is 10.0. The second kappa shape index (κ2) is 5.92. The van der Waals surface area contributed by atoms with Crippen LogP contribution in [0.25, 0.3) is 0 Å². The quantitative estimate of drug-likeness (QED) is 0.780. The lowest BCUT2D eigenvalue weighted by Gasteiger charge is -2.17. The Labute approximate surface area is 116 Å². The zero-order valence-corrected chi connectivity index (χ0v) is 12.3. The van der Waals surface area contributed by atoms with Gasteiger partial charge in [-0.1, -0.05) is 55.8 Å². The van der Waals surface area contributed by atoms with E-state index in [0.29, 0.717) is 12.0 Å². The van der Waals surface area contributed by atoms with Gasteiger partial charge in [0.1, 0.15) is 0 Å². The van der Waals surface area contributed by atoms with Crippen LogP contribution in [0.4, 0.5) is 5.69 Å². The van der Waals surface area contributed by atoms with E-state index in [2.05, 4.69) is 81.5 Å². The molecule has 0 heterocycles. The number of anilines is 1. The zero-order chi connectivity index (χ0) is 13.8. The number of hydrogen-bond acceptors (Lipinski definition) is 1. The Balaban J connectivity index is 2.14. The summed E-state index contributed by atoms with van der Waals surface area (Å²) in [6.07, 6.45) is 0. The highest BCUT2D eigenvalue weighted by molar-refractivity contribution is 5.48. The largest absolute Gasteiger partial charge is 0.379 e. The SMILES string of the molecule is Cc1cccc(C(C)Nc2cccc(C(C)C)c2)c1. The summed E-state index contributed by atoms with van der Waals surface area (Å²) < 4.78 is 0. The van der Waals surface area contributed by atoms with Gasteiger partial charge in [0.05, 0.1) is 0 Å². The summed E-state index contributed by atoms with van der Waals surface area (Å²) in [5.74, 6) is 0.566. The molecular weight excluding hydrogens is 230 g/mol. The molecule has 0 aliphatic carbocycles. The van der Waals surface area contributed by atoms with E-state index in [1.807, 2.05) is 0 Å². The molecule has 0 aromatic heterocycles. The first-order valence-electron chi connectivity index (χ1n) is 6.99. The van der Waals surface area contributed by atoms with E-state index in [1.54, 1.807) is 0 Å². The summed E-state index contributed by atoms with van der Waals surface area (Å²) in [5, 5.41) is 3.58. The molecule has 0 saturated carbocycles. The predicted molar refractivity (Wildman–Crippen MR) is 83.7 cm³/mol. The van der Waals surface area contributed by atoms with Crippen molar-refractivity contribution in [3.63, 3.8) is 0 Å². The second-order valence-corrected chi connectivity index (χ2v) is 5.56. The molecule has 100 valence electrons. The van der Waals surface area contributed by atoms with Gasteiger partial charge in [-0.25, -0.2) is 0 Å². The van der Waals surface area contributed by atoms with E-state index in [4.69, 9.17) is 0 Å². The van der Waals surface area contributed by atoms with Crippen LogP contribution in [0, 0.1) is 6.92 Å². The van der Waals surface area contributed by atoms with Gasteiger partial charge in [-0.15, -0.1) is 0 Å². The summed E-state index contributed by atoms with van der Waals surface area (Å²) in [6.45, 7) is 8.79. The minimum absolute atomic E-state index is 0.322. The van der Waals surface area contributed by atoms with Gasteiger partial charge in [0, 0.05) is 11.7 Å². The summed E-state index contributed by atoms with van der Waals surface area (Å²) in [4.78, 5) is 0. The highest BCUT2D eigenvalue weighted by atomic mass is 14.9. The summed E-state index contributed by atoms with van der Waals surface area (Å²) in [6, 6.07) is 17.7. The van der Waals surface area contributed by atoms with Gasteiger partial charge in [0.2, 0.25) is 0 Å². The normalized spacial score (nSPS) is 12.5. The Morgan fingerprint density at radius 3 is 2.21 bits per heavy atom. The topological polar surface area (TPSA) is 12.0 Å². The molecular formula is C18H23N. The van der Waals surface area contributed by atoms with Crippen LogP contribution >= 0.6 is 0 Å². The van der Waals surface area contributed by atoms with Crippen LogP contribution < -0.4 is 5.32 Å². The molecule has 1 unspecified atom stereocenters. The average molecular weight is 253 g/mol. The zero-order valence-electron chi connectivity index (χ0n) is 12.3. The maximum absolute atomic E-state index is 3.58. The molecule has 0 fully saturated rings. The van der Waals surface area contributed by atoms with E-state index in [1.165, 1.54) is 22.4 Å². The van der Waals surface area contributed by atoms with Gasteiger partial charge < -0.3 is 5.32 Å². The van der Waals surface area contributed by atoms with E-state index >= 15 is 0 Å². The van der Waals surface area contributed by atoms with Gasteiger partial charge >= 0.3 is 0 Å². The number of hydrogen-bond donors (Lipinski definition) is 1. The van der Waals surface area contributed by atoms with Crippen LogP contribution in [0.2, 0.25) is 0 Å². The monoisotopic (exact) mass is 253 g/mol. The maximum atomic E-state index is 3.58. The first kappa shape index (κ1) is 13.7. The van der Waals surface area contributed by atoms with E-state index in [-0.39, 0.29) is 0 Å². The van der Waals surface area contributed by atoms with Gasteiger partial charge in [0.25, 0.3) is 0 Å². The third-order valence-corrected chi connectivity index (χ3v) is 3.48. The molecule has 0 aliphatic heterocycles. The first-order valence-corrected chi connectivity index (χ1v) is 6.99. The predicted octanol–water partition coefficient (Wildman–Crippen LogP) is 5.29. The van der Waals surface area contributed by atoms with Crippen molar-refractivity contribution in [2.75, 3.05) is 5.32 Å². The molecule has 0 bridgehead atoms. The molecule has 19 heavy (non-hydrogen) atoms. The van der Waals surface area contributed by atoms with Gasteiger partial charge in [-0.05, 0) is 43.0 Å². The third kappa shape index (κ3) is 3.60. The third-order valence-electron chi connectivity index (χ3n) is 3.48. The minimum atomic E-state index is 0.322. The average Bonchev–Trinajstić information content (AvgIpc) is 2.39. The van der Waals surface area contributed by atoms with Crippen molar-refractivity contribution >= 4 is 5.69 Å². The lowest BCUT2D eigenvalue weighted by molar-refractivity contribution is 0.858. The standard InChI is InChI=1S/C18H23N/c1-13(2)16-8-6-10-18(12-16)19-15(4)17-9-5-7-14(3)11-17/h5-13,15,19H,1-4H3. The van der Waals surface area contributed by atoms with Crippen LogP contribution in [0.1, 0.15) is 49.4 Å². The molecule has 1 atom stereocenters. The number of nitrogens with one attached hydrogen (secondary N) is 1. The Morgan fingerprint density at radius 1 is 0.842 bits per heavy atom. The second-order valence-electron chi connectivity index (χ2n) is 5.56. The molecule has 1 nitrogen and oxygen atoms in total. The van der Waals surface area contributed by atoms with Crippen LogP contribution in [-0.2, 0) is 0 Å². The Kier molecular flexibility index (Phi) is 4.26. The van der Waals surface area contributed by atoms with Crippen molar-refractivity contribution in [1.29, 1.82) is 0 Å². The van der Waals surface area contributed by atoms with Crippen molar-refractivity contribution < 1.29 is 0 Å². The van der Waals surface area contributed by atoms with Gasteiger partial charge in [-0.3, -0.25) is 0 Å². The fraction of sp³-hybridized carbons (Fsp3) is 0.333. The minimum Gasteiger partial charge on any atom is -0.379 e. The molecule has 0 radical (unpaired) electrons. The molecule has 2 aromatic rings. The van der Waals surface area contributed by atoms with Crippen LogP contribution in [0.3, 0.4) is 0 Å². The highest BCUT2D eigenvalue weighted by Gasteiger charge is 2.06. The Morgan fingerprint density at radius 2 is 1.53 bits per heavy atom. The molecule has 2 rings (SSSR count). The number of aryl methyl sites for hydroxylation is 1. The summed E-state index contributed by atoms with van der Waals surface area (Å²) in [7, 11) is 0. The summed E-state index contributed by atoms with van der Waals surface area (Å²) in [5.41, 5.74) is 5.21. The number of benzene rings is 2. The molecule has 0 saturated heterocycles. The highest BCUT2D eigenvalue weighted by Crippen LogP contribution is 2.23. The van der Waals surface area contributed by atoms with Gasteiger partial charge in [-0.2, -0.15) is 0 Å². The molecule has 0 aliphatic rings. The Bertz CT molecular complexity index is 543. The molecule has 1 heteroatoms. The van der Waals surface area contributed by atoms with E-state index in [0.717, 1.165) is 0 Å². The smallest absolute Gasteiger partial charge is 0.0485 e. The lowest BCUT2D eigenvalue weighted by Crippen LogP contribution is -2.07. The van der Waals surface area contributed by atoms with Crippen molar-refractivity contribution in [1.82, 2.24) is 0 Å². The maximum Gasteiger partial charge on any atom is 0.0485 e. The van der Waals surface area contributed by atoms with Crippen molar-refractivity contribution in [3.8, 4) is 0 Å². The van der Waals surface area contributed by atoms with Gasteiger partial charge in [0.15, 0.2) is 0 Å². The summed E-state index contributed by atoms with van der Waals surface area (Å²) >= 11 is 0. The first-order chi connectivity index (χ1) is 9.06. The van der Waals surface area contributed by atoms with E-state index in [9.17, 15) is 0 Å². The number of rotatable bonds is 4. The fourth-order valence-electron chi connectivity index (χ4n) is 2.26.